The number of fused-ring (bicyclic) bond motifs is 1. The Balaban J connectivity index is 2.28. The maximum Gasteiger partial charge on any atom is 0.109 e. The van der Waals surface area contributed by atoms with Gasteiger partial charge in [0.25, 0.3) is 0 Å². The number of aromatic nitrogens is 2. The maximum absolute atomic E-state index is 4.95. The summed E-state index contributed by atoms with van der Waals surface area (Å²) < 4.78 is 2.55. The fourth-order valence-corrected chi connectivity index (χ4v) is 3.36. The van der Waals surface area contributed by atoms with Crippen molar-refractivity contribution in [3.05, 3.63) is 17.2 Å². The lowest BCUT2D eigenvalue weighted by molar-refractivity contribution is 0.255. The van der Waals surface area contributed by atoms with Gasteiger partial charge in [0.05, 0.1) is 5.69 Å². The lowest BCUT2D eigenvalue weighted by atomic mass is 10.1. The molecule has 1 atom stereocenters. The molecule has 0 aromatic carbocycles. The summed E-state index contributed by atoms with van der Waals surface area (Å²) in [5.74, 6) is 1.94. The van der Waals surface area contributed by atoms with Crippen molar-refractivity contribution >= 4 is 0 Å². The molecular weight excluding hydrogens is 260 g/mol. The first-order chi connectivity index (χ1) is 10.1. The van der Waals surface area contributed by atoms with Gasteiger partial charge in [0, 0.05) is 44.2 Å². The Morgan fingerprint density at radius 1 is 1.24 bits per heavy atom. The zero-order chi connectivity index (χ0) is 15.4. The Morgan fingerprint density at radius 2 is 1.95 bits per heavy atom. The van der Waals surface area contributed by atoms with Crippen molar-refractivity contribution in [2.75, 3.05) is 26.2 Å². The van der Waals surface area contributed by atoms with E-state index in [0.717, 1.165) is 45.6 Å². The summed E-state index contributed by atoms with van der Waals surface area (Å²) in [6.45, 7) is 16.8. The summed E-state index contributed by atoms with van der Waals surface area (Å²) in [6.07, 6.45) is 2.19. The second-order valence-corrected chi connectivity index (χ2v) is 6.65. The SMILES string of the molecule is CCN(CC)CC(C)n1c(CC(C)C)nc2c1CCNC2. The van der Waals surface area contributed by atoms with Crippen LogP contribution in [0.1, 0.15) is 57.9 Å². The fraction of sp³-hybridized carbons (Fsp3) is 0.824. The van der Waals surface area contributed by atoms with Gasteiger partial charge < -0.3 is 14.8 Å². The molecule has 1 aliphatic rings. The van der Waals surface area contributed by atoms with E-state index in [1.807, 2.05) is 0 Å². The van der Waals surface area contributed by atoms with E-state index in [0.29, 0.717) is 12.0 Å². The highest BCUT2D eigenvalue weighted by molar-refractivity contribution is 5.21. The molecule has 0 saturated carbocycles. The highest BCUT2D eigenvalue weighted by Gasteiger charge is 2.23. The summed E-state index contributed by atoms with van der Waals surface area (Å²) in [7, 11) is 0. The molecule has 1 aliphatic heterocycles. The topological polar surface area (TPSA) is 33.1 Å². The number of nitrogens with one attached hydrogen (secondary N) is 1. The molecule has 0 spiro atoms. The summed E-state index contributed by atoms with van der Waals surface area (Å²) in [6, 6.07) is 0.507. The molecule has 0 bridgehead atoms. The summed E-state index contributed by atoms with van der Waals surface area (Å²) in [5.41, 5.74) is 2.76. The average molecular weight is 292 g/mol. The van der Waals surface area contributed by atoms with Crippen molar-refractivity contribution in [2.24, 2.45) is 5.92 Å². The van der Waals surface area contributed by atoms with Crippen LogP contribution in [0.3, 0.4) is 0 Å². The molecule has 1 N–H and O–H groups in total. The number of imidazole rings is 1. The lowest BCUT2D eigenvalue weighted by Crippen LogP contribution is -2.32. The first-order valence-corrected chi connectivity index (χ1v) is 8.58. The van der Waals surface area contributed by atoms with E-state index in [-0.39, 0.29) is 0 Å². The Morgan fingerprint density at radius 3 is 2.57 bits per heavy atom. The van der Waals surface area contributed by atoms with Gasteiger partial charge in [0.1, 0.15) is 5.82 Å². The molecule has 2 rings (SSSR count). The van der Waals surface area contributed by atoms with Crippen LogP contribution < -0.4 is 5.32 Å². The third-order valence-electron chi connectivity index (χ3n) is 4.45. The third-order valence-corrected chi connectivity index (χ3v) is 4.45. The highest BCUT2D eigenvalue weighted by Crippen LogP contribution is 2.23. The zero-order valence-electron chi connectivity index (χ0n) is 14.4. The molecule has 120 valence electrons. The van der Waals surface area contributed by atoms with Crippen LogP contribution in [0.2, 0.25) is 0 Å². The van der Waals surface area contributed by atoms with Gasteiger partial charge in [0.15, 0.2) is 0 Å². The van der Waals surface area contributed by atoms with Crippen molar-refractivity contribution < 1.29 is 0 Å². The van der Waals surface area contributed by atoms with Gasteiger partial charge in [-0.05, 0) is 25.9 Å². The average Bonchev–Trinajstić information content (AvgIpc) is 2.81. The van der Waals surface area contributed by atoms with E-state index < -0.39 is 0 Å². The smallest absolute Gasteiger partial charge is 0.109 e. The second kappa shape index (κ2) is 7.41. The molecule has 1 unspecified atom stereocenters. The molecule has 1 aromatic heterocycles. The van der Waals surface area contributed by atoms with Gasteiger partial charge in [-0.25, -0.2) is 4.98 Å². The predicted molar refractivity (Wildman–Crippen MR) is 88.7 cm³/mol. The number of hydrogen-bond donors (Lipinski definition) is 1. The van der Waals surface area contributed by atoms with Crippen molar-refractivity contribution in [3.63, 3.8) is 0 Å². The van der Waals surface area contributed by atoms with Crippen LogP contribution in [0.5, 0.6) is 0 Å². The van der Waals surface area contributed by atoms with Crippen LogP contribution in [-0.4, -0.2) is 40.6 Å². The molecule has 0 radical (unpaired) electrons. The Hall–Kier alpha value is -0.870. The lowest BCUT2D eigenvalue weighted by Gasteiger charge is -2.27. The first kappa shape index (κ1) is 16.5. The van der Waals surface area contributed by atoms with E-state index in [2.05, 4.69) is 49.4 Å². The molecule has 4 nitrogen and oxygen atoms in total. The molecule has 0 saturated heterocycles. The molecule has 1 aromatic rings. The van der Waals surface area contributed by atoms with E-state index in [1.54, 1.807) is 0 Å². The van der Waals surface area contributed by atoms with Gasteiger partial charge in [-0.15, -0.1) is 0 Å². The van der Waals surface area contributed by atoms with Gasteiger partial charge in [-0.3, -0.25) is 0 Å². The normalized spacial score (nSPS) is 16.5. The second-order valence-electron chi connectivity index (χ2n) is 6.65. The van der Waals surface area contributed by atoms with Gasteiger partial charge in [-0.1, -0.05) is 27.7 Å². The summed E-state index contributed by atoms with van der Waals surface area (Å²) >= 11 is 0. The number of rotatable bonds is 7. The predicted octanol–water partition coefficient (Wildman–Crippen LogP) is 2.63. The minimum atomic E-state index is 0.507. The van der Waals surface area contributed by atoms with Crippen LogP contribution in [-0.2, 0) is 19.4 Å². The van der Waals surface area contributed by atoms with Crippen LogP contribution in [0.15, 0.2) is 0 Å². The standard InChI is InChI=1S/C17H32N4/c1-6-20(7-2)12-14(5)21-16-8-9-18-11-15(16)19-17(21)10-13(3)4/h13-14,18H,6-12H2,1-5H3. The van der Waals surface area contributed by atoms with Crippen molar-refractivity contribution in [1.29, 1.82) is 0 Å². The Kier molecular flexibility index (Phi) is 5.82. The molecule has 0 amide bonds. The highest BCUT2D eigenvalue weighted by atomic mass is 15.2. The summed E-state index contributed by atoms with van der Waals surface area (Å²) in [4.78, 5) is 7.46. The van der Waals surface area contributed by atoms with Crippen LogP contribution >= 0.6 is 0 Å². The number of likely N-dealkylation sites (N-methyl/N-ethyl adjacent to an activating group) is 1. The van der Waals surface area contributed by atoms with Crippen molar-refractivity contribution in [3.8, 4) is 0 Å². The quantitative estimate of drug-likeness (QED) is 0.838. The molecule has 0 fully saturated rings. The van der Waals surface area contributed by atoms with Gasteiger partial charge >= 0.3 is 0 Å². The van der Waals surface area contributed by atoms with Crippen LogP contribution in [0.4, 0.5) is 0 Å². The summed E-state index contributed by atoms with van der Waals surface area (Å²) in [5, 5.41) is 3.45. The third kappa shape index (κ3) is 3.86. The minimum absolute atomic E-state index is 0.507. The van der Waals surface area contributed by atoms with E-state index in [1.165, 1.54) is 17.2 Å². The maximum atomic E-state index is 4.95. The van der Waals surface area contributed by atoms with Crippen LogP contribution in [0, 0.1) is 5.92 Å². The largest absolute Gasteiger partial charge is 0.328 e. The number of nitrogens with zero attached hydrogens (tertiary/aromatic N) is 3. The van der Waals surface area contributed by atoms with Gasteiger partial charge in [0.2, 0.25) is 0 Å². The van der Waals surface area contributed by atoms with Gasteiger partial charge in [-0.2, -0.15) is 0 Å². The Labute approximate surface area is 129 Å². The minimum Gasteiger partial charge on any atom is -0.328 e. The zero-order valence-corrected chi connectivity index (χ0v) is 14.4. The van der Waals surface area contributed by atoms with Crippen LogP contribution in [0.25, 0.3) is 0 Å². The Bertz CT molecular complexity index is 446. The van der Waals surface area contributed by atoms with Crippen molar-refractivity contribution in [2.45, 2.75) is 60.0 Å². The first-order valence-electron chi connectivity index (χ1n) is 8.58. The fourth-order valence-electron chi connectivity index (χ4n) is 3.36. The molecular formula is C17H32N4. The van der Waals surface area contributed by atoms with E-state index >= 15 is 0 Å². The molecule has 0 aliphatic carbocycles. The van der Waals surface area contributed by atoms with E-state index in [9.17, 15) is 0 Å². The van der Waals surface area contributed by atoms with E-state index in [4.69, 9.17) is 4.98 Å². The monoisotopic (exact) mass is 292 g/mol. The molecule has 2 heterocycles. The number of hydrogen-bond acceptors (Lipinski definition) is 3. The molecule has 4 heteroatoms. The molecule has 21 heavy (non-hydrogen) atoms. The van der Waals surface area contributed by atoms with Crippen molar-refractivity contribution in [1.82, 2.24) is 19.8 Å².